The molecule has 0 atom stereocenters. The Hall–Kier alpha value is -2.40. The Morgan fingerprint density at radius 1 is 1.04 bits per heavy atom. The van der Waals surface area contributed by atoms with E-state index in [2.05, 4.69) is 22.3 Å². The minimum Gasteiger partial charge on any atom is -0.489 e. The number of likely N-dealkylation sites (tertiary alicyclic amines) is 1. The monoisotopic (exact) mass is 382 g/mol. The first kappa shape index (κ1) is 18.9. The molecular weight excluding hydrogens is 355 g/mol. The number of hydrogen-bond acceptors (Lipinski definition) is 3. The maximum absolute atomic E-state index is 13.7. The van der Waals surface area contributed by atoms with Gasteiger partial charge in [0.2, 0.25) is 5.91 Å². The molecule has 148 valence electrons. The summed E-state index contributed by atoms with van der Waals surface area (Å²) in [5.41, 5.74) is 1.65. The Kier molecular flexibility index (Phi) is 5.62. The van der Waals surface area contributed by atoms with Gasteiger partial charge in [0.15, 0.2) is 0 Å². The lowest BCUT2D eigenvalue weighted by atomic mass is 9.72. The minimum absolute atomic E-state index is 0.126. The van der Waals surface area contributed by atoms with Crippen molar-refractivity contribution in [3.8, 4) is 5.75 Å². The predicted octanol–water partition coefficient (Wildman–Crippen LogP) is 3.90. The van der Waals surface area contributed by atoms with Gasteiger partial charge in [-0.1, -0.05) is 30.3 Å². The normalized spacial score (nSPS) is 19.4. The second-order valence-electron chi connectivity index (χ2n) is 7.94. The predicted molar refractivity (Wildman–Crippen MR) is 106 cm³/mol. The van der Waals surface area contributed by atoms with E-state index in [-0.39, 0.29) is 23.7 Å². The standard InChI is InChI=1S/C23H27FN2O2/c24-21-5-2-1-4-19(21)17-28-20-8-6-18(7-9-20)16-26-14-11-23(12-15-26)10-3-13-25-22(23)27/h1-2,4-9H,3,10-17H2,(H,25,27). The zero-order chi connectivity index (χ0) is 19.4. The Balaban J connectivity index is 1.28. The lowest BCUT2D eigenvalue weighted by Gasteiger charge is -2.42. The summed E-state index contributed by atoms with van der Waals surface area (Å²) in [7, 11) is 0. The molecule has 1 N–H and O–H groups in total. The Morgan fingerprint density at radius 3 is 2.50 bits per heavy atom. The summed E-state index contributed by atoms with van der Waals surface area (Å²) in [6.45, 7) is 3.85. The van der Waals surface area contributed by atoms with Crippen molar-refractivity contribution < 1.29 is 13.9 Å². The van der Waals surface area contributed by atoms with Crippen molar-refractivity contribution >= 4 is 5.91 Å². The van der Waals surface area contributed by atoms with Crippen LogP contribution in [0.3, 0.4) is 0 Å². The van der Waals surface area contributed by atoms with Crippen LogP contribution in [0.1, 0.15) is 36.8 Å². The highest BCUT2D eigenvalue weighted by Crippen LogP contribution is 2.38. The molecule has 2 aliphatic heterocycles. The Morgan fingerprint density at radius 2 is 1.79 bits per heavy atom. The number of hydrogen-bond donors (Lipinski definition) is 1. The summed E-state index contributed by atoms with van der Waals surface area (Å²) in [6, 6.07) is 14.7. The van der Waals surface area contributed by atoms with Gasteiger partial charge in [0, 0.05) is 18.7 Å². The van der Waals surface area contributed by atoms with E-state index in [1.807, 2.05) is 18.2 Å². The molecular formula is C23H27FN2O2. The number of carbonyl (C=O) groups is 1. The van der Waals surface area contributed by atoms with Crippen molar-refractivity contribution in [2.24, 2.45) is 5.41 Å². The van der Waals surface area contributed by atoms with Crippen LogP contribution in [-0.4, -0.2) is 30.4 Å². The van der Waals surface area contributed by atoms with Gasteiger partial charge in [-0.15, -0.1) is 0 Å². The van der Waals surface area contributed by atoms with Gasteiger partial charge in [-0.3, -0.25) is 9.69 Å². The van der Waals surface area contributed by atoms with E-state index in [1.165, 1.54) is 11.6 Å². The van der Waals surface area contributed by atoms with E-state index in [0.717, 1.165) is 57.6 Å². The highest BCUT2D eigenvalue weighted by atomic mass is 19.1. The third-order valence-corrected chi connectivity index (χ3v) is 6.09. The molecule has 2 aliphatic rings. The van der Waals surface area contributed by atoms with Crippen molar-refractivity contribution in [3.63, 3.8) is 0 Å². The van der Waals surface area contributed by atoms with Crippen LogP contribution in [0, 0.1) is 11.2 Å². The van der Waals surface area contributed by atoms with E-state index >= 15 is 0 Å². The van der Waals surface area contributed by atoms with Crippen LogP contribution in [0.15, 0.2) is 48.5 Å². The number of halogens is 1. The number of benzene rings is 2. The number of piperidine rings is 2. The molecule has 1 spiro atoms. The van der Waals surface area contributed by atoms with Gasteiger partial charge in [-0.2, -0.15) is 0 Å². The molecule has 4 rings (SSSR count). The van der Waals surface area contributed by atoms with Crippen molar-refractivity contribution in [2.45, 2.75) is 38.8 Å². The molecule has 2 fully saturated rings. The van der Waals surface area contributed by atoms with Crippen LogP contribution >= 0.6 is 0 Å². The number of ether oxygens (including phenoxy) is 1. The molecule has 0 bridgehead atoms. The average Bonchev–Trinajstić information content (AvgIpc) is 2.72. The number of nitrogens with zero attached hydrogens (tertiary/aromatic N) is 1. The fourth-order valence-electron chi connectivity index (χ4n) is 4.27. The van der Waals surface area contributed by atoms with E-state index in [1.54, 1.807) is 12.1 Å². The van der Waals surface area contributed by atoms with Crippen molar-refractivity contribution in [3.05, 3.63) is 65.5 Å². The summed E-state index contributed by atoms with van der Waals surface area (Å²) in [5, 5.41) is 3.05. The van der Waals surface area contributed by atoms with Crippen molar-refractivity contribution in [2.75, 3.05) is 19.6 Å². The van der Waals surface area contributed by atoms with Gasteiger partial charge in [0.05, 0.1) is 5.41 Å². The number of nitrogens with one attached hydrogen (secondary N) is 1. The molecule has 28 heavy (non-hydrogen) atoms. The van der Waals surface area contributed by atoms with Gasteiger partial charge in [0.25, 0.3) is 0 Å². The second-order valence-corrected chi connectivity index (χ2v) is 7.94. The summed E-state index contributed by atoms with van der Waals surface area (Å²) >= 11 is 0. The maximum atomic E-state index is 13.7. The fraction of sp³-hybridized carbons (Fsp3) is 0.435. The van der Waals surface area contributed by atoms with E-state index in [9.17, 15) is 9.18 Å². The van der Waals surface area contributed by atoms with Crippen LogP contribution in [0.25, 0.3) is 0 Å². The zero-order valence-electron chi connectivity index (χ0n) is 16.1. The first-order valence-corrected chi connectivity index (χ1v) is 10.1. The minimum atomic E-state index is -0.242. The van der Waals surface area contributed by atoms with E-state index in [0.29, 0.717) is 5.56 Å². The second kappa shape index (κ2) is 8.31. The molecule has 0 saturated carbocycles. The highest BCUT2D eigenvalue weighted by Gasteiger charge is 2.42. The Labute approximate surface area is 165 Å². The average molecular weight is 382 g/mol. The molecule has 0 aliphatic carbocycles. The smallest absolute Gasteiger partial charge is 0.226 e. The molecule has 0 unspecified atom stereocenters. The van der Waals surface area contributed by atoms with Crippen molar-refractivity contribution in [1.82, 2.24) is 10.2 Å². The van der Waals surface area contributed by atoms with Gasteiger partial charge < -0.3 is 10.1 Å². The van der Waals surface area contributed by atoms with Crippen LogP contribution in [-0.2, 0) is 17.9 Å². The molecule has 2 heterocycles. The molecule has 2 aromatic rings. The molecule has 4 nitrogen and oxygen atoms in total. The lowest BCUT2D eigenvalue weighted by molar-refractivity contribution is -0.136. The van der Waals surface area contributed by atoms with Gasteiger partial charge in [-0.05, 0) is 62.5 Å². The molecule has 2 saturated heterocycles. The third-order valence-electron chi connectivity index (χ3n) is 6.09. The van der Waals surface area contributed by atoms with Gasteiger partial charge >= 0.3 is 0 Å². The Bertz CT molecular complexity index is 814. The number of carbonyl (C=O) groups excluding carboxylic acids is 1. The molecule has 2 aromatic carbocycles. The van der Waals surface area contributed by atoms with Crippen LogP contribution < -0.4 is 10.1 Å². The molecule has 0 radical (unpaired) electrons. The zero-order valence-corrected chi connectivity index (χ0v) is 16.1. The maximum Gasteiger partial charge on any atom is 0.226 e. The quantitative estimate of drug-likeness (QED) is 0.853. The summed E-state index contributed by atoms with van der Waals surface area (Å²) in [5.74, 6) is 0.756. The number of rotatable bonds is 5. The van der Waals surface area contributed by atoms with Crippen LogP contribution in [0.4, 0.5) is 4.39 Å². The van der Waals surface area contributed by atoms with Crippen molar-refractivity contribution in [1.29, 1.82) is 0 Å². The SMILES string of the molecule is O=C1NCCCC12CCN(Cc1ccc(OCc3ccccc3F)cc1)CC2. The lowest BCUT2D eigenvalue weighted by Crippen LogP contribution is -2.51. The van der Waals surface area contributed by atoms with E-state index in [4.69, 9.17) is 4.74 Å². The van der Waals surface area contributed by atoms with Gasteiger partial charge in [0.1, 0.15) is 18.2 Å². The topological polar surface area (TPSA) is 41.6 Å². The van der Waals surface area contributed by atoms with Gasteiger partial charge in [-0.25, -0.2) is 4.39 Å². The largest absolute Gasteiger partial charge is 0.489 e. The first-order chi connectivity index (χ1) is 13.6. The molecule has 5 heteroatoms. The highest BCUT2D eigenvalue weighted by molar-refractivity contribution is 5.83. The number of amides is 1. The van der Waals surface area contributed by atoms with Crippen LogP contribution in [0.2, 0.25) is 0 Å². The summed E-state index contributed by atoms with van der Waals surface area (Å²) in [6.07, 6.45) is 4.02. The summed E-state index contributed by atoms with van der Waals surface area (Å²) in [4.78, 5) is 14.7. The molecule has 1 amide bonds. The van der Waals surface area contributed by atoms with E-state index < -0.39 is 0 Å². The third kappa shape index (κ3) is 4.20. The van der Waals surface area contributed by atoms with Crippen LogP contribution in [0.5, 0.6) is 5.75 Å². The fourth-order valence-corrected chi connectivity index (χ4v) is 4.27. The summed E-state index contributed by atoms with van der Waals surface area (Å²) < 4.78 is 19.4. The first-order valence-electron chi connectivity index (χ1n) is 10.1. The molecule has 0 aromatic heterocycles.